The third kappa shape index (κ3) is 3.14. The number of para-hydroxylation sites is 1. The molecule has 0 N–H and O–H groups in total. The first kappa shape index (κ1) is 19.1. The zero-order valence-electron chi connectivity index (χ0n) is 17.8. The van der Waals surface area contributed by atoms with Crippen LogP contribution in [0.1, 0.15) is 40.9 Å². The Labute approximate surface area is 177 Å². The molecule has 3 aromatic carbocycles. The number of piperidine rings is 1. The molecule has 30 heavy (non-hydrogen) atoms. The summed E-state index contributed by atoms with van der Waals surface area (Å²) in [5, 5.41) is 3.19. The number of ketones is 1. The molecule has 0 amide bonds. The lowest BCUT2D eigenvalue weighted by Crippen LogP contribution is -2.39. The average molecular weight is 397 g/mol. The zero-order chi connectivity index (χ0) is 20.7. The lowest BCUT2D eigenvalue weighted by atomic mass is 9.95. The van der Waals surface area contributed by atoms with E-state index in [1.165, 1.54) is 19.3 Å². The molecule has 1 aromatic heterocycles. The fourth-order valence-electron chi connectivity index (χ4n) is 5.10. The summed E-state index contributed by atoms with van der Waals surface area (Å²) in [6.07, 6.45) is 3.79. The average Bonchev–Trinajstić information content (AvgIpc) is 3.06. The van der Waals surface area contributed by atoms with Crippen LogP contribution < -0.4 is 0 Å². The highest BCUT2D eigenvalue weighted by atomic mass is 16.1. The number of fused-ring (bicyclic) bond motifs is 2. The van der Waals surface area contributed by atoms with E-state index >= 15 is 0 Å². The van der Waals surface area contributed by atoms with Gasteiger partial charge in [-0.25, -0.2) is 0 Å². The first-order chi connectivity index (χ1) is 14.6. The van der Waals surface area contributed by atoms with Crippen molar-refractivity contribution in [3.63, 3.8) is 0 Å². The highest BCUT2D eigenvalue weighted by molar-refractivity contribution is 6.22. The Morgan fingerprint density at radius 3 is 2.50 bits per heavy atom. The Morgan fingerprint density at radius 1 is 0.933 bits per heavy atom. The molecule has 0 saturated carbocycles. The minimum absolute atomic E-state index is 0.122. The number of carbonyl (C=O) groups excluding carboxylic acids is 1. The van der Waals surface area contributed by atoms with Crippen molar-refractivity contribution < 1.29 is 4.79 Å². The van der Waals surface area contributed by atoms with Crippen molar-refractivity contribution >= 4 is 27.5 Å². The molecular weight excluding hydrogens is 368 g/mol. The maximum atomic E-state index is 13.8. The van der Waals surface area contributed by atoms with E-state index in [1.807, 2.05) is 36.4 Å². The molecule has 4 aromatic rings. The highest BCUT2D eigenvalue weighted by Gasteiger charge is 2.25. The smallest absolute Gasteiger partial charge is 0.196 e. The van der Waals surface area contributed by atoms with E-state index in [0.29, 0.717) is 6.04 Å². The van der Waals surface area contributed by atoms with Crippen LogP contribution in [0.2, 0.25) is 0 Å². The fraction of sp³-hybridized carbons (Fsp3) is 0.296. The van der Waals surface area contributed by atoms with Gasteiger partial charge in [-0.05, 0) is 50.2 Å². The third-order valence-electron chi connectivity index (χ3n) is 6.81. The number of nitrogens with zero attached hydrogens (tertiary/aromatic N) is 2. The van der Waals surface area contributed by atoms with E-state index in [0.717, 1.165) is 51.6 Å². The van der Waals surface area contributed by atoms with Gasteiger partial charge in [-0.15, -0.1) is 0 Å². The molecule has 1 saturated heterocycles. The van der Waals surface area contributed by atoms with Crippen LogP contribution in [0, 0.1) is 6.92 Å². The van der Waals surface area contributed by atoms with Crippen molar-refractivity contribution in [1.29, 1.82) is 0 Å². The zero-order valence-corrected chi connectivity index (χ0v) is 17.8. The van der Waals surface area contributed by atoms with Gasteiger partial charge in [0.25, 0.3) is 0 Å². The summed E-state index contributed by atoms with van der Waals surface area (Å²) >= 11 is 0. The second-order valence-corrected chi connectivity index (χ2v) is 8.57. The lowest BCUT2D eigenvalue weighted by Gasteiger charge is -2.33. The van der Waals surface area contributed by atoms with E-state index in [4.69, 9.17) is 0 Å². The monoisotopic (exact) mass is 396 g/mol. The SMILES string of the molecule is Cc1c(C(=O)c2cccc3ccccc23)c2ccccc2n1CC1CCCCN1C. The first-order valence-electron chi connectivity index (χ1n) is 11.0. The maximum Gasteiger partial charge on any atom is 0.196 e. The Hall–Kier alpha value is -2.91. The number of aromatic nitrogens is 1. The molecule has 1 aliphatic heterocycles. The molecule has 152 valence electrons. The van der Waals surface area contributed by atoms with Gasteiger partial charge in [0.05, 0.1) is 5.56 Å². The summed E-state index contributed by atoms with van der Waals surface area (Å²) in [6, 6.07) is 23.1. The molecule has 0 aliphatic carbocycles. The molecule has 3 nitrogen and oxygen atoms in total. The molecule has 1 atom stereocenters. The maximum absolute atomic E-state index is 13.8. The second kappa shape index (κ2) is 7.73. The van der Waals surface area contributed by atoms with Crippen LogP contribution >= 0.6 is 0 Å². The predicted octanol–water partition coefficient (Wildman–Crippen LogP) is 5.82. The van der Waals surface area contributed by atoms with Crippen molar-refractivity contribution in [2.45, 2.75) is 38.8 Å². The van der Waals surface area contributed by atoms with Crippen molar-refractivity contribution in [3.8, 4) is 0 Å². The van der Waals surface area contributed by atoms with Gasteiger partial charge in [-0.3, -0.25) is 4.79 Å². The second-order valence-electron chi connectivity index (χ2n) is 8.57. The largest absolute Gasteiger partial charge is 0.343 e. The van der Waals surface area contributed by atoms with Crippen LogP contribution in [0.3, 0.4) is 0 Å². The molecule has 1 aliphatic rings. The van der Waals surface area contributed by atoms with Gasteiger partial charge in [0.15, 0.2) is 5.78 Å². The Morgan fingerprint density at radius 2 is 1.67 bits per heavy atom. The van der Waals surface area contributed by atoms with Crippen LogP contribution in [-0.4, -0.2) is 34.9 Å². The lowest BCUT2D eigenvalue weighted by molar-refractivity contribution is 0.104. The van der Waals surface area contributed by atoms with Gasteiger partial charge >= 0.3 is 0 Å². The first-order valence-corrected chi connectivity index (χ1v) is 11.0. The molecule has 0 spiro atoms. The summed E-state index contributed by atoms with van der Waals surface area (Å²) in [4.78, 5) is 16.3. The molecule has 2 heterocycles. The van der Waals surface area contributed by atoms with Gasteiger partial charge in [0, 0.05) is 34.7 Å². The van der Waals surface area contributed by atoms with Gasteiger partial charge < -0.3 is 9.47 Å². The molecule has 0 radical (unpaired) electrons. The van der Waals surface area contributed by atoms with E-state index in [2.05, 4.69) is 53.8 Å². The van der Waals surface area contributed by atoms with Crippen molar-refractivity contribution in [1.82, 2.24) is 9.47 Å². The summed E-state index contributed by atoms with van der Waals surface area (Å²) in [5.41, 5.74) is 3.87. The van der Waals surface area contributed by atoms with Crippen LogP contribution in [0.25, 0.3) is 21.7 Å². The van der Waals surface area contributed by atoms with E-state index < -0.39 is 0 Å². The summed E-state index contributed by atoms with van der Waals surface area (Å²) in [6.45, 7) is 4.21. The normalized spacial score (nSPS) is 17.6. The van der Waals surface area contributed by atoms with Crippen LogP contribution in [0.5, 0.6) is 0 Å². The van der Waals surface area contributed by atoms with Gasteiger partial charge in [-0.1, -0.05) is 67.1 Å². The molecule has 5 rings (SSSR count). The minimum Gasteiger partial charge on any atom is -0.343 e. The van der Waals surface area contributed by atoms with Crippen molar-refractivity contribution in [3.05, 3.63) is 83.6 Å². The topological polar surface area (TPSA) is 25.2 Å². The van der Waals surface area contributed by atoms with Gasteiger partial charge in [0.2, 0.25) is 0 Å². The molecule has 3 heteroatoms. The van der Waals surface area contributed by atoms with Crippen LogP contribution in [0.15, 0.2) is 66.7 Å². The number of rotatable bonds is 4. The third-order valence-corrected chi connectivity index (χ3v) is 6.81. The van der Waals surface area contributed by atoms with Gasteiger partial charge in [0.1, 0.15) is 0 Å². The molecular formula is C27H28N2O. The number of hydrogen-bond acceptors (Lipinski definition) is 2. The number of likely N-dealkylation sites (N-methyl/N-ethyl adjacent to an activating group) is 1. The highest BCUT2D eigenvalue weighted by Crippen LogP contribution is 2.31. The Kier molecular flexibility index (Phi) is 4.92. The summed E-state index contributed by atoms with van der Waals surface area (Å²) < 4.78 is 2.38. The van der Waals surface area contributed by atoms with E-state index in [1.54, 1.807) is 0 Å². The number of benzene rings is 3. The molecule has 1 fully saturated rings. The quantitative estimate of drug-likeness (QED) is 0.406. The summed E-state index contributed by atoms with van der Waals surface area (Å²) in [7, 11) is 2.23. The van der Waals surface area contributed by atoms with Crippen molar-refractivity contribution in [2.75, 3.05) is 13.6 Å². The van der Waals surface area contributed by atoms with E-state index in [9.17, 15) is 4.79 Å². The predicted molar refractivity (Wildman–Crippen MR) is 124 cm³/mol. The standard InChI is InChI=1S/C27H28N2O/c1-19-26(27(30)23-15-9-11-20-10-3-4-13-22(20)23)24-14-5-6-16-25(24)29(19)18-21-12-7-8-17-28(21)2/h3-6,9-11,13-16,21H,7-8,12,17-18H2,1-2H3. The fourth-order valence-corrected chi connectivity index (χ4v) is 5.10. The molecule has 0 bridgehead atoms. The number of hydrogen-bond donors (Lipinski definition) is 0. The molecule has 1 unspecified atom stereocenters. The summed E-state index contributed by atoms with van der Waals surface area (Å²) in [5.74, 6) is 0.122. The van der Waals surface area contributed by atoms with Crippen LogP contribution in [0.4, 0.5) is 0 Å². The van der Waals surface area contributed by atoms with E-state index in [-0.39, 0.29) is 5.78 Å². The van der Waals surface area contributed by atoms with Crippen LogP contribution in [-0.2, 0) is 6.54 Å². The number of likely N-dealkylation sites (tertiary alicyclic amines) is 1. The Bertz CT molecular complexity index is 1230. The number of carbonyl (C=O) groups is 1. The van der Waals surface area contributed by atoms with Gasteiger partial charge in [-0.2, -0.15) is 0 Å². The minimum atomic E-state index is 0.122. The Balaban J connectivity index is 1.64. The van der Waals surface area contributed by atoms with Crippen molar-refractivity contribution in [2.24, 2.45) is 0 Å².